The fourth-order valence-electron chi connectivity index (χ4n) is 7.14. The zero-order valence-corrected chi connectivity index (χ0v) is 27.5. The number of rotatable bonds is 9. The van der Waals surface area contributed by atoms with Crippen molar-refractivity contribution < 1.29 is 24.2 Å². The van der Waals surface area contributed by atoms with E-state index in [4.69, 9.17) is 9.47 Å². The van der Waals surface area contributed by atoms with Crippen LogP contribution in [-0.4, -0.2) is 59.9 Å². The normalized spacial score (nSPS) is 22.1. The quantitative estimate of drug-likeness (QED) is 0.188. The second-order valence-electron chi connectivity index (χ2n) is 13.0. The molecule has 3 atom stereocenters. The van der Waals surface area contributed by atoms with Crippen LogP contribution < -0.4 is 20.9 Å². The monoisotopic (exact) mass is 661 g/mol. The van der Waals surface area contributed by atoms with E-state index in [-0.39, 0.29) is 30.8 Å². The molecule has 3 amide bonds. The van der Waals surface area contributed by atoms with E-state index in [1.807, 2.05) is 97.1 Å². The maximum absolute atomic E-state index is 13.2. The number of hydrogen-bond donors (Lipinski definition) is 4. The second kappa shape index (κ2) is 14.8. The number of para-hydroxylation sites is 1. The predicted molar refractivity (Wildman–Crippen MR) is 187 cm³/mol. The molecule has 49 heavy (non-hydrogen) atoms. The maximum Gasteiger partial charge on any atom is 0.319 e. The van der Waals surface area contributed by atoms with Crippen molar-refractivity contribution in [2.45, 2.75) is 56.5 Å². The van der Waals surface area contributed by atoms with Gasteiger partial charge in [-0.25, -0.2) is 4.79 Å². The number of anilines is 2. The third kappa shape index (κ3) is 7.47. The van der Waals surface area contributed by atoms with E-state index < -0.39 is 11.8 Å². The Hall–Kier alpha value is -4.74. The number of carbonyl (C=O) groups excluding carboxylic acids is 2. The molecule has 3 fully saturated rings. The number of carbonyl (C=O) groups is 2. The summed E-state index contributed by atoms with van der Waals surface area (Å²) in [5.41, 5.74) is 4.95. The van der Waals surface area contributed by atoms with Gasteiger partial charge in [0, 0.05) is 49.5 Å². The van der Waals surface area contributed by atoms with Crippen molar-refractivity contribution in [1.82, 2.24) is 15.5 Å². The molecule has 1 spiro atoms. The Morgan fingerprint density at radius 1 is 0.837 bits per heavy atom. The molecule has 4 aromatic carbocycles. The average Bonchev–Trinajstić information content (AvgIpc) is 3.47. The number of urea groups is 1. The van der Waals surface area contributed by atoms with E-state index in [1.165, 1.54) is 0 Å². The molecule has 0 aromatic heterocycles. The Bertz CT molecular complexity index is 1700. The third-order valence-corrected chi connectivity index (χ3v) is 9.90. The van der Waals surface area contributed by atoms with Crippen LogP contribution in [0.3, 0.4) is 0 Å². The number of likely N-dealkylation sites (tertiary alicyclic amines) is 1. The zero-order valence-electron chi connectivity index (χ0n) is 27.5. The molecule has 3 aliphatic heterocycles. The first-order valence-corrected chi connectivity index (χ1v) is 17.0. The summed E-state index contributed by atoms with van der Waals surface area (Å²) in [7, 11) is 0. The van der Waals surface area contributed by atoms with Crippen LogP contribution in [0.5, 0.6) is 0 Å². The first-order valence-electron chi connectivity index (χ1n) is 17.0. The minimum Gasteiger partial charge on any atom is -0.392 e. The van der Waals surface area contributed by atoms with Crippen LogP contribution in [0.1, 0.15) is 53.9 Å². The molecular weight excluding hydrogens is 618 g/mol. The summed E-state index contributed by atoms with van der Waals surface area (Å²) in [5, 5.41) is 18.4. The summed E-state index contributed by atoms with van der Waals surface area (Å²) in [6.07, 6.45) is 1.23. The molecule has 7 rings (SSSR count). The first-order chi connectivity index (χ1) is 24.0. The van der Waals surface area contributed by atoms with Crippen LogP contribution in [0.2, 0.25) is 0 Å². The summed E-state index contributed by atoms with van der Waals surface area (Å²) in [5.74, 6) is 0.108. The number of nitrogens with zero attached hydrogens (tertiary/aromatic N) is 2. The van der Waals surface area contributed by atoms with Gasteiger partial charge in [0.2, 0.25) is 5.91 Å². The van der Waals surface area contributed by atoms with Crippen molar-refractivity contribution in [1.29, 1.82) is 0 Å². The molecule has 4 aromatic rings. The van der Waals surface area contributed by atoms with Crippen LogP contribution in [-0.2, 0) is 27.4 Å². The van der Waals surface area contributed by atoms with Gasteiger partial charge in [-0.2, -0.15) is 0 Å². The number of nitrogens with one attached hydrogen (secondary N) is 3. The van der Waals surface area contributed by atoms with Crippen molar-refractivity contribution in [2.75, 3.05) is 36.5 Å². The molecule has 0 bridgehead atoms. The molecule has 3 aliphatic rings. The van der Waals surface area contributed by atoms with Crippen LogP contribution >= 0.6 is 0 Å². The second-order valence-corrected chi connectivity index (χ2v) is 13.0. The Morgan fingerprint density at radius 2 is 1.51 bits per heavy atom. The first kappa shape index (κ1) is 32.8. The van der Waals surface area contributed by atoms with Gasteiger partial charge < -0.3 is 40.3 Å². The number of ether oxygens (including phenoxy) is 2. The number of aliphatic hydroxyl groups is 1. The zero-order chi connectivity index (χ0) is 33.6. The maximum atomic E-state index is 13.2. The molecule has 10 nitrogen and oxygen atoms in total. The Morgan fingerprint density at radius 3 is 2.20 bits per heavy atom. The average molecular weight is 662 g/mol. The lowest BCUT2D eigenvalue weighted by Gasteiger charge is -2.45. The summed E-state index contributed by atoms with van der Waals surface area (Å²) in [6.45, 7) is 3.23. The fraction of sp³-hybridized carbons (Fsp3) is 0.333. The summed E-state index contributed by atoms with van der Waals surface area (Å²) >= 11 is 0. The lowest BCUT2D eigenvalue weighted by Crippen LogP contribution is -2.57. The van der Waals surface area contributed by atoms with Gasteiger partial charge in [0.25, 0.3) is 0 Å². The molecular formula is C39H43N5O5. The van der Waals surface area contributed by atoms with E-state index in [0.717, 1.165) is 60.4 Å². The van der Waals surface area contributed by atoms with Gasteiger partial charge in [-0.1, -0.05) is 84.9 Å². The van der Waals surface area contributed by atoms with Crippen LogP contribution in [0.25, 0.3) is 0 Å². The number of benzene rings is 4. The van der Waals surface area contributed by atoms with E-state index in [9.17, 15) is 14.7 Å². The molecule has 0 radical (unpaired) electrons. The van der Waals surface area contributed by atoms with Gasteiger partial charge in [0.1, 0.15) is 5.54 Å². The molecule has 0 saturated carbocycles. The third-order valence-electron chi connectivity index (χ3n) is 9.90. The lowest BCUT2D eigenvalue weighted by atomic mass is 9.85. The van der Waals surface area contributed by atoms with Gasteiger partial charge in [-0.15, -0.1) is 0 Å². The van der Waals surface area contributed by atoms with Gasteiger partial charge in [0.05, 0.1) is 25.5 Å². The van der Waals surface area contributed by atoms with Crippen LogP contribution in [0.15, 0.2) is 109 Å². The highest BCUT2D eigenvalue weighted by Gasteiger charge is 2.50. The summed E-state index contributed by atoms with van der Waals surface area (Å²) in [4.78, 5) is 30.4. The van der Waals surface area contributed by atoms with Crippen molar-refractivity contribution in [3.05, 3.63) is 131 Å². The van der Waals surface area contributed by atoms with Crippen LogP contribution in [0.4, 0.5) is 16.2 Å². The van der Waals surface area contributed by atoms with E-state index in [1.54, 1.807) is 0 Å². The standard InChI is InChI=1S/C39H43N5O5/c45-26-29-11-13-30(14-12-29)35-23-34(25-43-21-19-39(20-22-43)37(46)41-27-44(39)33-9-5-2-6-10-33)48-36(49-35)31-15-17-32(18-16-31)42-38(47)40-24-28-7-3-1-4-8-28/h1-18,34-36,45H,19-27H2,(H,41,46)(H2,40,42,47)/t34-,35+,36+/m0/s1. The fourth-order valence-corrected chi connectivity index (χ4v) is 7.14. The number of aliphatic hydroxyl groups excluding tert-OH is 1. The molecule has 3 saturated heterocycles. The van der Waals surface area contributed by atoms with Crippen molar-refractivity contribution in [3.63, 3.8) is 0 Å². The smallest absolute Gasteiger partial charge is 0.319 e. The van der Waals surface area contributed by atoms with Gasteiger partial charge in [0.15, 0.2) is 6.29 Å². The molecule has 0 aliphatic carbocycles. The number of amides is 3. The van der Waals surface area contributed by atoms with E-state index in [2.05, 4.69) is 37.9 Å². The van der Waals surface area contributed by atoms with Crippen molar-refractivity contribution >= 4 is 23.3 Å². The van der Waals surface area contributed by atoms with Gasteiger partial charge in [-0.05, 0) is 53.8 Å². The highest BCUT2D eigenvalue weighted by atomic mass is 16.7. The predicted octanol–water partition coefficient (Wildman–Crippen LogP) is 5.47. The van der Waals surface area contributed by atoms with Crippen LogP contribution in [0, 0.1) is 0 Å². The Balaban J connectivity index is 1.02. The van der Waals surface area contributed by atoms with E-state index in [0.29, 0.717) is 25.3 Å². The van der Waals surface area contributed by atoms with Gasteiger partial charge in [-0.3, -0.25) is 4.79 Å². The topological polar surface area (TPSA) is 115 Å². The summed E-state index contributed by atoms with van der Waals surface area (Å²) in [6, 6.07) is 35.1. The molecule has 3 heterocycles. The SMILES string of the molecule is O=C(NCc1ccccc1)Nc1ccc([C@@H]2O[C@H](CN3CCC4(CC3)C(=O)NCN4c3ccccc3)C[C@H](c3ccc(CO)cc3)O2)cc1. The Kier molecular flexibility index (Phi) is 9.90. The highest BCUT2D eigenvalue weighted by Crippen LogP contribution is 2.40. The molecule has 0 unspecified atom stereocenters. The minimum atomic E-state index is -0.604. The lowest BCUT2D eigenvalue weighted by molar-refractivity contribution is -0.253. The Labute approximate surface area is 287 Å². The van der Waals surface area contributed by atoms with E-state index >= 15 is 0 Å². The number of piperidine rings is 1. The van der Waals surface area contributed by atoms with Crippen molar-refractivity contribution in [3.8, 4) is 0 Å². The molecule has 4 N–H and O–H groups in total. The molecule has 254 valence electrons. The largest absolute Gasteiger partial charge is 0.392 e. The summed E-state index contributed by atoms with van der Waals surface area (Å²) < 4.78 is 13.2. The number of hydrogen-bond acceptors (Lipinski definition) is 7. The van der Waals surface area contributed by atoms with Gasteiger partial charge >= 0.3 is 6.03 Å². The van der Waals surface area contributed by atoms with Crippen molar-refractivity contribution in [2.24, 2.45) is 0 Å². The molecule has 10 heteroatoms. The highest BCUT2D eigenvalue weighted by molar-refractivity contribution is 5.93. The minimum absolute atomic E-state index is 0.0129.